The lowest BCUT2D eigenvalue weighted by Gasteiger charge is -2.03. The molecule has 0 aliphatic rings. The van der Waals surface area contributed by atoms with Crippen LogP contribution in [0, 0.1) is 10.1 Å². The average molecular weight is 306 g/mol. The third kappa shape index (κ3) is 3.68. The van der Waals surface area contributed by atoms with E-state index in [-0.39, 0.29) is 5.69 Å². The largest absolute Gasteiger partial charge is 0.333 e. The van der Waals surface area contributed by atoms with Crippen LogP contribution in [0.2, 0.25) is 0 Å². The number of nitro benzene ring substituents is 1. The predicted molar refractivity (Wildman–Crippen MR) is 88.1 cm³/mol. The number of imidazole rings is 1. The third-order valence-corrected chi connectivity index (χ3v) is 3.32. The van der Waals surface area contributed by atoms with Crippen LogP contribution in [0.4, 0.5) is 11.4 Å². The van der Waals surface area contributed by atoms with Gasteiger partial charge in [0, 0.05) is 31.2 Å². The van der Waals surface area contributed by atoms with Crippen molar-refractivity contribution in [2.45, 2.75) is 6.54 Å². The number of nitrogens with zero attached hydrogens (tertiary/aromatic N) is 4. The molecule has 2 aromatic carbocycles. The molecule has 0 saturated heterocycles. The molecule has 0 atom stereocenters. The van der Waals surface area contributed by atoms with E-state index in [1.807, 2.05) is 35.0 Å². The van der Waals surface area contributed by atoms with Gasteiger partial charge in [-0.2, -0.15) is 0 Å². The molecule has 1 heterocycles. The summed E-state index contributed by atoms with van der Waals surface area (Å²) >= 11 is 0. The molecule has 0 aliphatic carbocycles. The molecule has 0 saturated carbocycles. The van der Waals surface area contributed by atoms with Crippen molar-refractivity contribution in [2.75, 3.05) is 0 Å². The molecule has 0 unspecified atom stereocenters. The maximum atomic E-state index is 11.0. The number of benzene rings is 2. The van der Waals surface area contributed by atoms with Gasteiger partial charge in [-0.3, -0.25) is 15.1 Å². The van der Waals surface area contributed by atoms with Gasteiger partial charge in [-0.15, -0.1) is 0 Å². The molecule has 114 valence electrons. The van der Waals surface area contributed by atoms with Crippen molar-refractivity contribution in [3.05, 3.63) is 88.5 Å². The second-order valence-electron chi connectivity index (χ2n) is 4.98. The van der Waals surface area contributed by atoms with Gasteiger partial charge >= 0.3 is 0 Å². The van der Waals surface area contributed by atoms with E-state index in [4.69, 9.17) is 0 Å². The molecular weight excluding hydrogens is 292 g/mol. The normalized spacial score (nSPS) is 11.0. The summed E-state index contributed by atoms with van der Waals surface area (Å²) in [7, 11) is 0. The summed E-state index contributed by atoms with van der Waals surface area (Å²) in [5.74, 6) is 0. The van der Waals surface area contributed by atoms with E-state index in [9.17, 15) is 10.1 Å². The van der Waals surface area contributed by atoms with Crippen molar-refractivity contribution < 1.29 is 4.92 Å². The summed E-state index contributed by atoms with van der Waals surface area (Å²) < 4.78 is 1.96. The summed E-state index contributed by atoms with van der Waals surface area (Å²) in [5, 5.41) is 11.0. The molecule has 1 aromatic heterocycles. The van der Waals surface area contributed by atoms with E-state index in [2.05, 4.69) is 9.98 Å². The first-order chi connectivity index (χ1) is 11.2. The average Bonchev–Trinajstić information content (AvgIpc) is 3.06. The van der Waals surface area contributed by atoms with Crippen molar-refractivity contribution in [1.29, 1.82) is 0 Å². The Morgan fingerprint density at radius 2 is 2.09 bits per heavy atom. The van der Waals surface area contributed by atoms with Gasteiger partial charge in [0.1, 0.15) is 0 Å². The first kappa shape index (κ1) is 14.6. The van der Waals surface area contributed by atoms with Gasteiger partial charge in [-0.1, -0.05) is 24.3 Å². The maximum absolute atomic E-state index is 11.0. The molecule has 3 rings (SSSR count). The van der Waals surface area contributed by atoms with Crippen LogP contribution in [0.25, 0.3) is 0 Å². The van der Waals surface area contributed by atoms with Gasteiger partial charge in [0.25, 0.3) is 5.69 Å². The number of para-hydroxylation sites is 1. The highest BCUT2D eigenvalue weighted by Crippen LogP contribution is 2.19. The standard InChI is InChI=1S/C17H14N4O2/c22-21(23)17-7-2-1-5-15(17)11-19-16-6-3-4-14(10-16)12-20-9-8-18-13-20/h1-11,13H,12H2. The van der Waals surface area contributed by atoms with Crippen LogP contribution in [-0.2, 0) is 6.54 Å². The van der Waals surface area contributed by atoms with Crippen LogP contribution in [0.1, 0.15) is 11.1 Å². The van der Waals surface area contributed by atoms with Gasteiger partial charge in [-0.05, 0) is 23.8 Å². The molecular formula is C17H14N4O2. The Morgan fingerprint density at radius 1 is 1.22 bits per heavy atom. The number of hydrogen-bond acceptors (Lipinski definition) is 4. The van der Waals surface area contributed by atoms with Gasteiger partial charge in [0.05, 0.1) is 22.5 Å². The zero-order valence-electron chi connectivity index (χ0n) is 12.2. The summed E-state index contributed by atoms with van der Waals surface area (Å²) in [5.41, 5.74) is 2.37. The Hall–Kier alpha value is -3.28. The molecule has 0 amide bonds. The zero-order chi connectivity index (χ0) is 16.1. The molecule has 23 heavy (non-hydrogen) atoms. The number of hydrogen-bond donors (Lipinski definition) is 0. The van der Waals surface area contributed by atoms with E-state index < -0.39 is 4.92 Å². The quantitative estimate of drug-likeness (QED) is 0.411. The van der Waals surface area contributed by atoms with Crippen LogP contribution < -0.4 is 0 Å². The predicted octanol–water partition coefficient (Wildman–Crippen LogP) is 3.59. The van der Waals surface area contributed by atoms with Crippen molar-refractivity contribution in [2.24, 2.45) is 4.99 Å². The minimum absolute atomic E-state index is 0.0471. The molecule has 0 radical (unpaired) electrons. The first-order valence-corrected chi connectivity index (χ1v) is 7.04. The highest BCUT2D eigenvalue weighted by atomic mass is 16.6. The summed E-state index contributed by atoms with van der Waals surface area (Å²) in [4.78, 5) is 19.0. The van der Waals surface area contributed by atoms with Crippen molar-refractivity contribution in [1.82, 2.24) is 9.55 Å². The Kier molecular flexibility index (Phi) is 4.24. The van der Waals surface area contributed by atoms with Crippen LogP contribution in [0.15, 0.2) is 72.2 Å². The Balaban J connectivity index is 1.82. The number of rotatable bonds is 5. The zero-order valence-corrected chi connectivity index (χ0v) is 12.2. The van der Waals surface area contributed by atoms with E-state index in [1.54, 1.807) is 30.7 Å². The third-order valence-electron chi connectivity index (χ3n) is 3.32. The van der Waals surface area contributed by atoms with Gasteiger partial charge < -0.3 is 4.57 Å². The summed E-state index contributed by atoms with van der Waals surface area (Å²) in [6.45, 7) is 0.703. The summed E-state index contributed by atoms with van der Waals surface area (Å²) in [6.07, 6.45) is 6.90. The van der Waals surface area contributed by atoms with E-state index in [1.165, 1.54) is 12.3 Å². The Labute approximate surface area is 132 Å². The monoisotopic (exact) mass is 306 g/mol. The molecule has 0 N–H and O–H groups in total. The lowest BCUT2D eigenvalue weighted by atomic mass is 10.2. The van der Waals surface area contributed by atoms with Crippen LogP contribution in [0.5, 0.6) is 0 Å². The highest BCUT2D eigenvalue weighted by Gasteiger charge is 2.09. The van der Waals surface area contributed by atoms with Crippen molar-refractivity contribution >= 4 is 17.6 Å². The second-order valence-corrected chi connectivity index (χ2v) is 4.98. The van der Waals surface area contributed by atoms with Crippen LogP contribution >= 0.6 is 0 Å². The van der Waals surface area contributed by atoms with Gasteiger partial charge in [0.2, 0.25) is 0 Å². The molecule has 0 bridgehead atoms. The first-order valence-electron chi connectivity index (χ1n) is 7.04. The molecule has 0 fully saturated rings. The topological polar surface area (TPSA) is 73.3 Å². The van der Waals surface area contributed by atoms with Crippen LogP contribution in [0.3, 0.4) is 0 Å². The minimum atomic E-state index is -0.406. The fourth-order valence-corrected chi connectivity index (χ4v) is 2.23. The van der Waals surface area contributed by atoms with Crippen LogP contribution in [-0.4, -0.2) is 20.7 Å². The van der Waals surface area contributed by atoms with E-state index >= 15 is 0 Å². The molecule has 3 aromatic rings. The number of aliphatic imine (C=N–C) groups is 1. The SMILES string of the molecule is O=[N+]([O-])c1ccccc1C=Nc1cccc(Cn2ccnc2)c1. The van der Waals surface area contributed by atoms with Gasteiger partial charge in [-0.25, -0.2) is 4.98 Å². The molecule has 0 aliphatic heterocycles. The lowest BCUT2D eigenvalue weighted by molar-refractivity contribution is -0.385. The second kappa shape index (κ2) is 6.65. The Bertz CT molecular complexity index is 841. The highest BCUT2D eigenvalue weighted by molar-refractivity contribution is 5.87. The minimum Gasteiger partial charge on any atom is -0.333 e. The number of aromatic nitrogens is 2. The lowest BCUT2D eigenvalue weighted by Crippen LogP contribution is -1.95. The molecule has 6 heteroatoms. The van der Waals surface area contributed by atoms with Gasteiger partial charge in [0.15, 0.2) is 0 Å². The molecule has 6 nitrogen and oxygen atoms in total. The Morgan fingerprint density at radius 3 is 2.87 bits per heavy atom. The number of nitro groups is 1. The fraction of sp³-hybridized carbons (Fsp3) is 0.0588. The maximum Gasteiger partial charge on any atom is 0.278 e. The smallest absolute Gasteiger partial charge is 0.278 e. The van der Waals surface area contributed by atoms with E-state index in [0.717, 1.165) is 11.3 Å². The fourth-order valence-electron chi connectivity index (χ4n) is 2.23. The van der Waals surface area contributed by atoms with Crippen molar-refractivity contribution in [3.8, 4) is 0 Å². The summed E-state index contributed by atoms with van der Waals surface area (Å²) in [6, 6.07) is 14.3. The molecule has 0 spiro atoms. The van der Waals surface area contributed by atoms with Crippen molar-refractivity contribution in [3.63, 3.8) is 0 Å². The van der Waals surface area contributed by atoms with E-state index in [0.29, 0.717) is 12.1 Å².